The van der Waals surface area contributed by atoms with Crippen LogP contribution in [0.4, 0.5) is 0 Å². The van der Waals surface area contributed by atoms with E-state index in [4.69, 9.17) is 8.83 Å². The highest BCUT2D eigenvalue weighted by atomic mass is 16.5. The van der Waals surface area contributed by atoms with Crippen LogP contribution < -0.4 is 5.75 Å². The van der Waals surface area contributed by atoms with Crippen molar-refractivity contribution in [1.82, 2.24) is 0 Å². The van der Waals surface area contributed by atoms with Crippen molar-refractivity contribution < 1.29 is 8.83 Å². The van der Waals surface area contributed by atoms with E-state index in [1.165, 1.54) is 0 Å². The van der Waals surface area contributed by atoms with E-state index in [0.29, 0.717) is 5.75 Å². The van der Waals surface area contributed by atoms with E-state index in [1.54, 1.807) is 7.05 Å². The molecule has 0 saturated heterocycles. The van der Waals surface area contributed by atoms with Crippen molar-refractivity contribution >= 4 is 11.2 Å². The fourth-order valence-corrected chi connectivity index (χ4v) is 1.13. The Bertz CT molecular complexity index is 465. The highest BCUT2D eigenvalue weighted by molar-refractivity contribution is 5.73. The summed E-state index contributed by atoms with van der Waals surface area (Å²) in [5, 5.41) is 0. The first kappa shape index (κ1) is 7.16. The van der Waals surface area contributed by atoms with Crippen LogP contribution in [0.5, 0.6) is 0 Å². The van der Waals surface area contributed by atoms with Gasteiger partial charge in [-0.15, -0.1) is 0 Å². The summed E-state index contributed by atoms with van der Waals surface area (Å²) >= 11 is 0. The molecule has 0 aliphatic heterocycles. The normalized spacial score (nSPS) is 12.7. The van der Waals surface area contributed by atoms with Crippen molar-refractivity contribution in [3.8, 4) is 0 Å². The van der Waals surface area contributed by atoms with Gasteiger partial charge < -0.3 is 8.83 Å². The minimum Gasteiger partial charge on any atom is -0.407 e. The van der Waals surface area contributed by atoms with Crippen LogP contribution in [0.1, 0.15) is 5.56 Å². The molecule has 12 heavy (non-hydrogen) atoms. The SMILES string of the molecule is C/N=c1\oc2cccc(C)c2o1. The number of nitrogens with zero attached hydrogens (tertiary/aromatic N) is 1. The Balaban J connectivity index is 2.92. The zero-order valence-corrected chi connectivity index (χ0v) is 7.00. The number of benzene rings is 1. The molecular formula is C9H9NO2. The maximum atomic E-state index is 5.31. The van der Waals surface area contributed by atoms with E-state index in [-0.39, 0.29) is 0 Å². The Morgan fingerprint density at radius 1 is 1.25 bits per heavy atom. The molecule has 3 nitrogen and oxygen atoms in total. The molecule has 0 spiro atoms. The molecule has 2 aromatic rings. The highest BCUT2D eigenvalue weighted by Gasteiger charge is 2.02. The first-order chi connectivity index (χ1) is 5.81. The van der Waals surface area contributed by atoms with Gasteiger partial charge in [-0.05, 0) is 18.6 Å². The van der Waals surface area contributed by atoms with Gasteiger partial charge in [0.25, 0.3) is 0 Å². The molecule has 62 valence electrons. The number of fused-ring (bicyclic) bond motifs is 1. The molecule has 1 aromatic carbocycles. The molecule has 1 heterocycles. The second-order valence-corrected chi connectivity index (χ2v) is 2.60. The maximum Gasteiger partial charge on any atom is 0.394 e. The Hall–Kier alpha value is -1.51. The third-order valence-corrected chi connectivity index (χ3v) is 1.74. The van der Waals surface area contributed by atoms with Gasteiger partial charge in [-0.25, -0.2) is 4.99 Å². The number of hydrogen-bond donors (Lipinski definition) is 0. The van der Waals surface area contributed by atoms with Crippen LogP contribution in [0.15, 0.2) is 32.0 Å². The van der Waals surface area contributed by atoms with Crippen molar-refractivity contribution in [2.75, 3.05) is 7.05 Å². The molecule has 0 N–H and O–H groups in total. The average molecular weight is 163 g/mol. The molecule has 3 heteroatoms. The van der Waals surface area contributed by atoms with Crippen LogP contribution in [0.25, 0.3) is 11.2 Å². The highest BCUT2D eigenvalue weighted by Crippen LogP contribution is 2.15. The van der Waals surface area contributed by atoms with Gasteiger partial charge in [0, 0.05) is 7.05 Å². The molecule has 0 fully saturated rings. The lowest BCUT2D eigenvalue weighted by Gasteiger charge is -1.87. The number of hydrogen-bond acceptors (Lipinski definition) is 3. The smallest absolute Gasteiger partial charge is 0.394 e. The molecule has 0 radical (unpaired) electrons. The third-order valence-electron chi connectivity index (χ3n) is 1.74. The summed E-state index contributed by atoms with van der Waals surface area (Å²) in [5.74, 6) is 0.319. The van der Waals surface area contributed by atoms with Crippen molar-refractivity contribution in [1.29, 1.82) is 0 Å². The Kier molecular flexibility index (Phi) is 1.50. The van der Waals surface area contributed by atoms with Crippen LogP contribution in [-0.4, -0.2) is 7.05 Å². The van der Waals surface area contributed by atoms with Crippen molar-refractivity contribution in [3.63, 3.8) is 0 Å². The molecule has 0 aliphatic carbocycles. The maximum absolute atomic E-state index is 5.31. The zero-order valence-electron chi connectivity index (χ0n) is 7.00. The van der Waals surface area contributed by atoms with Crippen molar-refractivity contribution in [3.05, 3.63) is 29.5 Å². The molecular weight excluding hydrogens is 154 g/mol. The van der Waals surface area contributed by atoms with E-state index in [1.807, 2.05) is 25.1 Å². The summed E-state index contributed by atoms with van der Waals surface area (Å²) in [6, 6.07) is 5.76. The fraction of sp³-hybridized carbons (Fsp3) is 0.222. The summed E-state index contributed by atoms with van der Waals surface area (Å²) in [6.45, 7) is 1.97. The quantitative estimate of drug-likeness (QED) is 0.594. The zero-order chi connectivity index (χ0) is 8.55. The Morgan fingerprint density at radius 2 is 2.08 bits per heavy atom. The first-order valence-corrected chi connectivity index (χ1v) is 3.73. The number of aryl methyl sites for hydroxylation is 1. The van der Waals surface area contributed by atoms with Crippen LogP contribution in [0, 0.1) is 6.92 Å². The lowest BCUT2D eigenvalue weighted by molar-refractivity contribution is 0.387. The topological polar surface area (TPSA) is 38.6 Å². The summed E-state index contributed by atoms with van der Waals surface area (Å²) in [6.07, 6.45) is 0. The molecule has 0 aliphatic rings. The van der Waals surface area contributed by atoms with Gasteiger partial charge >= 0.3 is 5.75 Å². The molecule has 0 unspecified atom stereocenters. The number of para-hydroxylation sites is 1. The lowest BCUT2D eigenvalue weighted by atomic mass is 10.2. The van der Waals surface area contributed by atoms with Crippen LogP contribution >= 0.6 is 0 Å². The first-order valence-electron chi connectivity index (χ1n) is 3.73. The summed E-state index contributed by atoms with van der Waals surface area (Å²) < 4.78 is 10.6. The van der Waals surface area contributed by atoms with E-state index in [2.05, 4.69) is 4.99 Å². The van der Waals surface area contributed by atoms with Crippen molar-refractivity contribution in [2.24, 2.45) is 4.99 Å². The third kappa shape index (κ3) is 0.942. The molecule has 0 atom stereocenters. The van der Waals surface area contributed by atoms with E-state index in [9.17, 15) is 0 Å². The van der Waals surface area contributed by atoms with E-state index in [0.717, 1.165) is 16.7 Å². The number of rotatable bonds is 0. The monoisotopic (exact) mass is 163 g/mol. The minimum atomic E-state index is 0.319. The molecule has 0 bridgehead atoms. The van der Waals surface area contributed by atoms with Crippen molar-refractivity contribution in [2.45, 2.75) is 6.92 Å². The molecule has 1 aromatic heterocycles. The van der Waals surface area contributed by atoms with E-state index < -0.39 is 0 Å². The fourth-order valence-electron chi connectivity index (χ4n) is 1.13. The summed E-state index contributed by atoms with van der Waals surface area (Å²) in [7, 11) is 1.64. The van der Waals surface area contributed by atoms with Crippen LogP contribution in [0.2, 0.25) is 0 Å². The molecule has 2 rings (SSSR count). The van der Waals surface area contributed by atoms with E-state index >= 15 is 0 Å². The predicted octanol–water partition coefficient (Wildman–Crippen LogP) is 1.86. The summed E-state index contributed by atoms with van der Waals surface area (Å²) in [5.41, 5.74) is 2.58. The van der Waals surface area contributed by atoms with Gasteiger partial charge in [-0.1, -0.05) is 12.1 Å². The second kappa shape index (κ2) is 2.52. The molecule has 0 saturated carbocycles. The average Bonchev–Trinajstić information content (AvgIpc) is 2.49. The van der Waals surface area contributed by atoms with Gasteiger partial charge in [-0.3, -0.25) is 0 Å². The standard InChI is InChI=1S/C9H9NO2/c1-6-4-3-5-7-8(6)12-9(10-2)11-7/h3-5H,1-2H3/b10-9+. The Morgan fingerprint density at radius 3 is 2.75 bits per heavy atom. The van der Waals surface area contributed by atoms with Gasteiger partial charge in [0.05, 0.1) is 0 Å². The molecule has 0 amide bonds. The minimum absolute atomic E-state index is 0.319. The largest absolute Gasteiger partial charge is 0.407 e. The predicted molar refractivity (Wildman–Crippen MR) is 44.7 cm³/mol. The van der Waals surface area contributed by atoms with Gasteiger partial charge in [0.1, 0.15) is 0 Å². The Labute approximate surface area is 69.3 Å². The van der Waals surface area contributed by atoms with Crippen LogP contribution in [-0.2, 0) is 0 Å². The van der Waals surface area contributed by atoms with Gasteiger partial charge in [-0.2, -0.15) is 0 Å². The second-order valence-electron chi connectivity index (χ2n) is 2.60. The lowest BCUT2D eigenvalue weighted by Crippen LogP contribution is -1.90. The summed E-state index contributed by atoms with van der Waals surface area (Å²) in [4.78, 5) is 3.82. The van der Waals surface area contributed by atoms with Gasteiger partial charge in [0.2, 0.25) is 0 Å². The van der Waals surface area contributed by atoms with Gasteiger partial charge in [0.15, 0.2) is 11.2 Å². The van der Waals surface area contributed by atoms with Crippen LogP contribution in [0.3, 0.4) is 0 Å².